The number of nitrogens with one attached hydrogen (secondary N) is 2. The lowest BCUT2D eigenvalue weighted by molar-refractivity contribution is -0.120. The van der Waals surface area contributed by atoms with Gasteiger partial charge in [0.2, 0.25) is 5.91 Å². The Labute approximate surface area is 111 Å². The van der Waals surface area contributed by atoms with E-state index < -0.39 is 0 Å². The number of hydrogen-bond donors (Lipinski definition) is 2. The number of thiazole rings is 1. The first kappa shape index (κ1) is 12.1. The maximum atomic E-state index is 12.1. The molecule has 1 amide bonds. The molecule has 2 aliphatic carbocycles. The van der Waals surface area contributed by atoms with Crippen molar-refractivity contribution >= 4 is 22.4 Å². The highest BCUT2D eigenvalue weighted by Gasteiger charge is 2.48. The number of hydrogen-bond acceptors (Lipinski definition) is 4. The predicted octanol–water partition coefficient (Wildman–Crippen LogP) is 2.41. The summed E-state index contributed by atoms with van der Waals surface area (Å²) in [4.78, 5) is 16.5. The lowest BCUT2D eigenvalue weighted by Gasteiger charge is -2.10. The van der Waals surface area contributed by atoms with Crippen LogP contribution in [0.2, 0.25) is 0 Å². The summed E-state index contributed by atoms with van der Waals surface area (Å²) in [6, 6.07) is 0.228. The van der Waals surface area contributed by atoms with Crippen LogP contribution in [0.5, 0.6) is 0 Å². The zero-order valence-corrected chi connectivity index (χ0v) is 11.6. The van der Waals surface area contributed by atoms with Gasteiger partial charge in [-0.15, -0.1) is 11.3 Å². The first-order chi connectivity index (χ1) is 8.67. The molecule has 2 saturated carbocycles. The quantitative estimate of drug-likeness (QED) is 0.879. The van der Waals surface area contributed by atoms with Gasteiger partial charge in [-0.2, -0.15) is 0 Å². The molecule has 0 aromatic carbocycles. The van der Waals surface area contributed by atoms with Crippen molar-refractivity contribution < 1.29 is 4.79 Å². The van der Waals surface area contributed by atoms with Crippen molar-refractivity contribution in [3.63, 3.8) is 0 Å². The number of aromatic nitrogens is 1. The third-order valence-electron chi connectivity index (χ3n) is 4.24. The fourth-order valence-electron chi connectivity index (χ4n) is 2.83. The maximum absolute atomic E-state index is 12.1. The SMILES string of the molecule is CNC(C)c1csc(NC(=O)C2CC3CC3C2)n1. The molecule has 0 bridgehead atoms. The molecule has 0 saturated heterocycles. The standard InChI is InChI=1S/C13H19N3OS/c1-7(14-2)11-6-18-13(15-11)16-12(17)10-4-8-3-9(8)5-10/h6-10,14H,3-5H2,1-2H3,(H,15,16,17). The van der Waals surface area contributed by atoms with Gasteiger partial charge in [-0.25, -0.2) is 4.98 Å². The minimum atomic E-state index is 0.167. The van der Waals surface area contributed by atoms with E-state index in [4.69, 9.17) is 0 Å². The average Bonchev–Trinajstić information content (AvgIpc) is 2.81. The van der Waals surface area contributed by atoms with E-state index in [0.717, 1.165) is 35.5 Å². The molecule has 0 spiro atoms. The fourth-order valence-corrected chi connectivity index (χ4v) is 3.63. The maximum Gasteiger partial charge on any atom is 0.229 e. The molecule has 4 nitrogen and oxygen atoms in total. The Morgan fingerprint density at radius 2 is 2.17 bits per heavy atom. The van der Waals surface area contributed by atoms with E-state index in [1.54, 1.807) is 0 Å². The number of amides is 1. The van der Waals surface area contributed by atoms with Crippen molar-refractivity contribution in [2.24, 2.45) is 17.8 Å². The van der Waals surface area contributed by atoms with E-state index in [-0.39, 0.29) is 17.9 Å². The summed E-state index contributed by atoms with van der Waals surface area (Å²) in [5.41, 5.74) is 0.993. The Balaban J connectivity index is 1.58. The third-order valence-corrected chi connectivity index (χ3v) is 5.02. The monoisotopic (exact) mass is 265 g/mol. The molecule has 1 heterocycles. The van der Waals surface area contributed by atoms with Crippen molar-refractivity contribution in [2.45, 2.75) is 32.2 Å². The van der Waals surface area contributed by atoms with Gasteiger partial charge in [-0.1, -0.05) is 0 Å². The highest BCUT2D eigenvalue weighted by atomic mass is 32.1. The van der Waals surface area contributed by atoms with Crippen molar-refractivity contribution in [1.29, 1.82) is 0 Å². The van der Waals surface area contributed by atoms with Crippen molar-refractivity contribution in [3.8, 4) is 0 Å². The van der Waals surface area contributed by atoms with Crippen LogP contribution in [0.4, 0.5) is 5.13 Å². The van der Waals surface area contributed by atoms with Crippen LogP contribution in [-0.2, 0) is 4.79 Å². The van der Waals surface area contributed by atoms with E-state index in [9.17, 15) is 4.79 Å². The molecule has 0 aliphatic heterocycles. The van der Waals surface area contributed by atoms with Crippen LogP contribution in [0.1, 0.15) is 37.9 Å². The van der Waals surface area contributed by atoms with Gasteiger partial charge in [0, 0.05) is 17.3 Å². The van der Waals surface area contributed by atoms with E-state index in [2.05, 4.69) is 22.5 Å². The van der Waals surface area contributed by atoms with E-state index >= 15 is 0 Å². The predicted molar refractivity (Wildman–Crippen MR) is 72.5 cm³/mol. The fraction of sp³-hybridized carbons (Fsp3) is 0.692. The van der Waals surface area contributed by atoms with Crippen LogP contribution in [0.25, 0.3) is 0 Å². The zero-order chi connectivity index (χ0) is 12.7. The molecule has 3 rings (SSSR count). The molecule has 98 valence electrons. The summed E-state index contributed by atoms with van der Waals surface area (Å²) in [5, 5.41) is 8.85. The van der Waals surface area contributed by atoms with Crippen molar-refractivity contribution in [1.82, 2.24) is 10.3 Å². The van der Waals surface area contributed by atoms with Crippen LogP contribution in [0, 0.1) is 17.8 Å². The lowest BCUT2D eigenvalue weighted by Crippen LogP contribution is -2.21. The van der Waals surface area contributed by atoms with Gasteiger partial charge < -0.3 is 10.6 Å². The molecule has 3 atom stereocenters. The van der Waals surface area contributed by atoms with Gasteiger partial charge in [-0.05, 0) is 45.1 Å². The molecule has 2 N–H and O–H groups in total. The van der Waals surface area contributed by atoms with Gasteiger partial charge in [-0.3, -0.25) is 4.79 Å². The Morgan fingerprint density at radius 3 is 2.83 bits per heavy atom. The molecule has 2 fully saturated rings. The lowest BCUT2D eigenvalue weighted by atomic mass is 10.0. The molecule has 5 heteroatoms. The van der Waals surface area contributed by atoms with E-state index in [1.165, 1.54) is 17.8 Å². The normalized spacial score (nSPS) is 30.9. The second-order valence-electron chi connectivity index (χ2n) is 5.50. The van der Waals surface area contributed by atoms with Gasteiger partial charge in [0.1, 0.15) is 0 Å². The summed E-state index contributed by atoms with van der Waals surface area (Å²) in [5.74, 6) is 2.08. The topological polar surface area (TPSA) is 54.0 Å². The average molecular weight is 265 g/mol. The summed E-state index contributed by atoms with van der Waals surface area (Å²) >= 11 is 1.51. The Hall–Kier alpha value is -0.940. The zero-order valence-electron chi connectivity index (χ0n) is 10.8. The van der Waals surface area contributed by atoms with Crippen LogP contribution < -0.4 is 10.6 Å². The highest BCUT2D eigenvalue weighted by Crippen LogP contribution is 2.54. The van der Waals surface area contributed by atoms with E-state index in [1.807, 2.05) is 12.4 Å². The second-order valence-corrected chi connectivity index (χ2v) is 6.36. The van der Waals surface area contributed by atoms with E-state index in [0.29, 0.717) is 0 Å². The van der Waals surface area contributed by atoms with Gasteiger partial charge in [0.15, 0.2) is 5.13 Å². The first-order valence-electron chi connectivity index (χ1n) is 6.61. The number of rotatable bonds is 4. The molecule has 2 aliphatic rings. The molecule has 18 heavy (non-hydrogen) atoms. The largest absolute Gasteiger partial charge is 0.312 e. The van der Waals surface area contributed by atoms with Crippen LogP contribution >= 0.6 is 11.3 Å². The second kappa shape index (κ2) is 4.63. The van der Waals surface area contributed by atoms with Gasteiger partial charge >= 0.3 is 0 Å². The summed E-state index contributed by atoms with van der Waals surface area (Å²) in [6.07, 6.45) is 3.52. The van der Waals surface area contributed by atoms with Gasteiger partial charge in [0.05, 0.1) is 5.69 Å². The Morgan fingerprint density at radius 1 is 1.44 bits per heavy atom. The first-order valence-corrected chi connectivity index (χ1v) is 7.49. The minimum Gasteiger partial charge on any atom is -0.312 e. The van der Waals surface area contributed by atoms with Crippen molar-refractivity contribution in [3.05, 3.63) is 11.1 Å². The molecular formula is C13H19N3OS. The van der Waals surface area contributed by atoms with Crippen LogP contribution in [0.15, 0.2) is 5.38 Å². The summed E-state index contributed by atoms with van der Waals surface area (Å²) in [6.45, 7) is 2.06. The molecule has 1 aromatic heterocycles. The summed E-state index contributed by atoms with van der Waals surface area (Å²) < 4.78 is 0. The number of carbonyl (C=O) groups excluding carboxylic acids is 1. The summed E-state index contributed by atoms with van der Waals surface area (Å²) in [7, 11) is 1.91. The Bertz CT molecular complexity index is 449. The van der Waals surface area contributed by atoms with Crippen molar-refractivity contribution in [2.75, 3.05) is 12.4 Å². The number of fused-ring (bicyclic) bond motifs is 1. The third kappa shape index (κ3) is 2.29. The molecular weight excluding hydrogens is 246 g/mol. The molecule has 1 aromatic rings. The number of carbonyl (C=O) groups is 1. The van der Waals surface area contributed by atoms with Gasteiger partial charge in [0.25, 0.3) is 0 Å². The molecule has 0 radical (unpaired) electrons. The Kier molecular flexibility index (Phi) is 3.11. The smallest absolute Gasteiger partial charge is 0.229 e. The van der Waals surface area contributed by atoms with Crippen LogP contribution in [0.3, 0.4) is 0 Å². The highest BCUT2D eigenvalue weighted by molar-refractivity contribution is 7.13. The molecule has 3 unspecified atom stereocenters. The van der Waals surface area contributed by atoms with Crippen LogP contribution in [-0.4, -0.2) is 17.9 Å². The number of anilines is 1. The number of nitrogens with zero attached hydrogens (tertiary/aromatic N) is 1. The minimum absolute atomic E-state index is 0.167.